The molecule has 192 valence electrons. The molecule has 1 fully saturated rings. The van der Waals surface area contributed by atoms with E-state index in [-0.39, 0.29) is 6.04 Å². The van der Waals surface area contributed by atoms with Gasteiger partial charge in [0.2, 0.25) is 0 Å². The lowest BCUT2D eigenvalue weighted by Gasteiger charge is -2.39. The molecule has 8 heteroatoms. The van der Waals surface area contributed by atoms with Crippen LogP contribution in [0.3, 0.4) is 0 Å². The molecule has 5 rings (SSSR count). The average molecular weight is 499 g/mol. The van der Waals surface area contributed by atoms with Crippen molar-refractivity contribution in [3.05, 3.63) is 101 Å². The standard InChI is InChI=1S/C29H34N6O2/c1-36-25-13-14-27(37-2)26(21-25)28(29-30-31-32-35(29)16-15-23-9-5-3-6-10-23)34-19-17-33(18-20-34)22-24-11-7-4-8-12-24/h3-14,21,28H,15-20,22H2,1-2H3/t28-/m0/s1. The quantitative estimate of drug-likeness (QED) is 0.329. The monoisotopic (exact) mass is 498 g/mol. The van der Waals surface area contributed by atoms with E-state index in [1.807, 2.05) is 22.9 Å². The lowest BCUT2D eigenvalue weighted by Crippen LogP contribution is -2.48. The van der Waals surface area contributed by atoms with Crippen molar-refractivity contribution < 1.29 is 9.47 Å². The summed E-state index contributed by atoms with van der Waals surface area (Å²) in [5.41, 5.74) is 3.61. The van der Waals surface area contributed by atoms with E-state index in [2.05, 4.69) is 86.0 Å². The summed E-state index contributed by atoms with van der Waals surface area (Å²) in [4.78, 5) is 4.97. The second-order valence-electron chi connectivity index (χ2n) is 9.30. The first-order chi connectivity index (χ1) is 18.2. The second kappa shape index (κ2) is 12.0. The summed E-state index contributed by atoms with van der Waals surface area (Å²) in [6, 6.07) is 26.9. The molecule has 8 nitrogen and oxygen atoms in total. The molecule has 0 aliphatic carbocycles. The molecular weight excluding hydrogens is 464 g/mol. The van der Waals surface area contributed by atoms with Crippen molar-refractivity contribution >= 4 is 0 Å². The van der Waals surface area contributed by atoms with Crippen molar-refractivity contribution in [2.75, 3.05) is 40.4 Å². The maximum atomic E-state index is 5.81. The second-order valence-corrected chi connectivity index (χ2v) is 9.30. The maximum Gasteiger partial charge on any atom is 0.173 e. The minimum atomic E-state index is -0.158. The summed E-state index contributed by atoms with van der Waals surface area (Å²) in [6.45, 7) is 5.36. The third kappa shape index (κ3) is 5.98. The molecule has 3 aromatic carbocycles. The number of tetrazole rings is 1. The fraction of sp³-hybridized carbons (Fsp3) is 0.345. The number of rotatable bonds is 10. The van der Waals surface area contributed by atoms with E-state index in [0.717, 1.165) is 62.0 Å². The average Bonchev–Trinajstić information content (AvgIpc) is 3.42. The lowest BCUT2D eigenvalue weighted by atomic mass is 10.0. The highest BCUT2D eigenvalue weighted by atomic mass is 16.5. The fourth-order valence-corrected chi connectivity index (χ4v) is 5.02. The molecule has 0 saturated carbocycles. The largest absolute Gasteiger partial charge is 0.497 e. The van der Waals surface area contributed by atoms with Crippen molar-refractivity contribution in [2.24, 2.45) is 0 Å². The Morgan fingerprint density at radius 2 is 1.51 bits per heavy atom. The third-order valence-electron chi connectivity index (χ3n) is 7.01. The number of nitrogens with zero attached hydrogens (tertiary/aromatic N) is 6. The van der Waals surface area contributed by atoms with Gasteiger partial charge in [-0.1, -0.05) is 60.7 Å². The highest BCUT2D eigenvalue weighted by Gasteiger charge is 2.33. The number of hydrogen-bond acceptors (Lipinski definition) is 7. The number of methoxy groups -OCH3 is 2. The van der Waals surface area contributed by atoms with Gasteiger partial charge in [0.05, 0.1) is 14.2 Å². The third-order valence-corrected chi connectivity index (χ3v) is 7.01. The van der Waals surface area contributed by atoms with Gasteiger partial charge in [0.15, 0.2) is 5.82 Å². The van der Waals surface area contributed by atoms with Crippen LogP contribution in [0.2, 0.25) is 0 Å². The van der Waals surface area contributed by atoms with Gasteiger partial charge in [0.25, 0.3) is 0 Å². The number of ether oxygens (including phenoxy) is 2. The van der Waals surface area contributed by atoms with Crippen LogP contribution in [0.1, 0.15) is 28.6 Å². The summed E-state index contributed by atoms with van der Waals surface area (Å²) < 4.78 is 13.3. The van der Waals surface area contributed by atoms with Gasteiger partial charge < -0.3 is 9.47 Å². The molecular formula is C29H34N6O2. The van der Waals surface area contributed by atoms with Crippen LogP contribution in [0, 0.1) is 0 Å². The van der Waals surface area contributed by atoms with Crippen LogP contribution in [-0.4, -0.2) is 70.4 Å². The zero-order valence-corrected chi connectivity index (χ0v) is 21.5. The van der Waals surface area contributed by atoms with E-state index in [9.17, 15) is 0 Å². The van der Waals surface area contributed by atoms with Crippen molar-refractivity contribution in [1.29, 1.82) is 0 Å². The van der Waals surface area contributed by atoms with Gasteiger partial charge in [0.1, 0.15) is 17.5 Å². The number of benzene rings is 3. The van der Waals surface area contributed by atoms with E-state index >= 15 is 0 Å². The molecule has 0 bridgehead atoms. The molecule has 1 aliphatic heterocycles. The predicted octanol–water partition coefficient (Wildman–Crippen LogP) is 3.84. The molecule has 1 atom stereocenters. The van der Waals surface area contributed by atoms with Crippen LogP contribution >= 0.6 is 0 Å². The molecule has 0 spiro atoms. The minimum absolute atomic E-state index is 0.158. The van der Waals surface area contributed by atoms with Crippen LogP contribution in [-0.2, 0) is 19.5 Å². The number of aromatic nitrogens is 4. The Balaban J connectivity index is 1.42. The molecule has 0 radical (unpaired) electrons. The Labute approximate surface area is 218 Å². The molecule has 37 heavy (non-hydrogen) atoms. The van der Waals surface area contributed by atoms with Crippen LogP contribution in [0.25, 0.3) is 0 Å². The maximum absolute atomic E-state index is 5.81. The van der Waals surface area contributed by atoms with Crippen molar-refractivity contribution in [3.8, 4) is 11.5 Å². The molecule has 1 saturated heterocycles. The van der Waals surface area contributed by atoms with Gasteiger partial charge in [-0.05, 0) is 46.2 Å². The van der Waals surface area contributed by atoms with E-state index < -0.39 is 0 Å². The fourth-order valence-electron chi connectivity index (χ4n) is 5.02. The Bertz CT molecular complexity index is 1260. The highest BCUT2D eigenvalue weighted by Crippen LogP contribution is 2.36. The minimum Gasteiger partial charge on any atom is -0.497 e. The van der Waals surface area contributed by atoms with Crippen molar-refractivity contribution in [2.45, 2.75) is 25.6 Å². The highest BCUT2D eigenvalue weighted by molar-refractivity contribution is 5.44. The van der Waals surface area contributed by atoms with E-state index in [4.69, 9.17) is 9.47 Å². The Kier molecular flexibility index (Phi) is 8.08. The van der Waals surface area contributed by atoms with E-state index in [0.29, 0.717) is 6.54 Å². The number of hydrogen-bond donors (Lipinski definition) is 0. The molecule has 1 aliphatic rings. The summed E-state index contributed by atoms with van der Waals surface area (Å²) in [7, 11) is 3.39. The first-order valence-electron chi connectivity index (χ1n) is 12.8. The smallest absolute Gasteiger partial charge is 0.173 e. The molecule has 2 heterocycles. The molecule has 1 aromatic heterocycles. The van der Waals surface area contributed by atoms with Crippen LogP contribution in [0.15, 0.2) is 78.9 Å². The molecule has 4 aromatic rings. The summed E-state index contributed by atoms with van der Waals surface area (Å²) >= 11 is 0. The zero-order chi connectivity index (χ0) is 25.5. The summed E-state index contributed by atoms with van der Waals surface area (Å²) in [5, 5.41) is 13.0. The number of piperazine rings is 1. The van der Waals surface area contributed by atoms with Crippen LogP contribution in [0.5, 0.6) is 11.5 Å². The predicted molar refractivity (Wildman–Crippen MR) is 143 cm³/mol. The molecule has 0 unspecified atom stereocenters. The van der Waals surface area contributed by atoms with Gasteiger partial charge in [-0.25, -0.2) is 4.68 Å². The molecule has 0 N–H and O–H groups in total. The number of aryl methyl sites for hydroxylation is 2. The topological polar surface area (TPSA) is 68.5 Å². The van der Waals surface area contributed by atoms with E-state index in [1.165, 1.54) is 11.1 Å². The summed E-state index contributed by atoms with van der Waals surface area (Å²) in [6.07, 6.45) is 0.853. The Morgan fingerprint density at radius 1 is 0.811 bits per heavy atom. The van der Waals surface area contributed by atoms with Gasteiger partial charge in [-0.3, -0.25) is 9.80 Å². The molecule has 0 amide bonds. The van der Waals surface area contributed by atoms with Crippen LogP contribution < -0.4 is 9.47 Å². The lowest BCUT2D eigenvalue weighted by molar-refractivity contribution is 0.0990. The zero-order valence-electron chi connectivity index (χ0n) is 21.5. The Morgan fingerprint density at radius 3 is 2.19 bits per heavy atom. The van der Waals surface area contributed by atoms with Gasteiger partial charge >= 0.3 is 0 Å². The SMILES string of the molecule is COc1ccc(OC)c([C@@H](c2nnnn2CCc2ccccc2)N2CCN(Cc3ccccc3)CC2)c1. The van der Waals surface area contributed by atoms with Gasteiger partial charge in [-0.15, -0.1) is 5.10 Å². The Hall–Kier alpha value is -3.75. The van der Waals surface area contributed by atoms with Crippen LogP contribution in [0.4, 0.5) is 0 Å². The van der Waals surface area contributed by atoms with E-state index in [1.54, 1.807) is 14.2 Å². The van der Waals surface area contributed by atoms with Crippen molar-refractivity contribution in [3.63, 3.8) is 0 Å². The van der Waals surface area contributed by atoms with Gasteiger partial charge in [-0.2, -0.15) is 0 Å². The first kappa shape index (κ1) is 24.9. The summed E-state index contributed by atoms with van der Waals surface area (Å²) in [5.74, 6) is 2.40. The first-order valence-corrected chi connectivity index (χ1v) is 12.8. The normalized spacial score (nSPS) is 15.4. The van der Waals surface area contributed by atoms with Gasteiger partial charge in [0, 0.05) is 44.8 Å². The van der Waals surface area contributed by atoms with Crippen molar-refractivity contribution in [1.82, 2.24) is 30.0 Å².